The van der Waals surface area contributed by atoms with Crippen molar-refractivity contribution in [3.05, 3.63) is 65.8 Å². The minimum atomic E-state index is 0.197. The summed E-state index contributed by atoms with van der Waals surface area (Å²) < 4.78 is 0. The first kappa shape index (κ1) is 20.8. The van der Waals surface area contributed by atoms with Crippen molar-refractivity contribution in [3.63, 3.8) is 0 Å². The fourth-order valence-electron chi connectivity index (χ4n) is 5.04. The number of likely N-dealkylation sites (N-methyl/N-ethyl adjacent to an activating group) is 1. The van der Waals surface area contributed by atoms with Crippen molar-refractivity contribution in [3.8, 4) is 0 Å². The van der Waals surface area contributed by atoms with E-state index in [1.165, 1.54) is 16.6 Å². The van der Waals surface area contributed by atoms with Crippen LogP contribution in [0.2, 0.25) is 0 Å². The summed E-state index contributed by atoms with van der Waals surface area (Å²) in [5.74, 6) is 1.07. The molecule has 2 aromatic carbocycles. The van der Waals surface area contributed by atoms with Gasteiger partial charge in [0, 0.05) is 55.5 Å². The standard InChI is InChI=1S/C26H29N7O/c1-31-10-12-32(13-11-31)18-6-7-21-22(14-18)30-26(29-21)24-23(34)16-33(25(24)27)9-8-17-15-28-20-5-3-2-4-19(17)20/h2-7,14-15,27-28,34H,8-13,16H2,1H3,(H,29,30). The number of para-hydroxylation sites is 1. The van der Waals surface area contributed by atoms with Crippen LogP contribution in [0.5, 0.6) is 0 Å². The molecule has 4 aromatic rings. The Balaban J connectivity index is 1.19. The average Bonchev–Trinajstić information content (AvgIpc) is 3.52. The van der Waals surface area contributed by atoms with E-state index in [1.54, 1.807) is 0 Å². The van der Waals surface area contributed by atoms with E-state index in [-0.39, 0.29) is 5.76 Å². The van der Waals surface area contributed by atoms with Crippen LogP contribution in [0.4, 0.5) is 5.69 Å². The molecule has 0 radical (unpaired) electrons. The fraction of sp³-hybridized carbons (Fsp3) is 0.308. The molecule has 2 aliphatic rings. The van der Waals surface area contributed by atoms with E-state index < -0.39 is 0 Å². The van der Waals surface area contributed by atoms with E-state index >= 15 is 0 Å². The summed E-state index contributed by atoms with van der Waals surface area (Å²) in [4.78, 5) is 18.0. The third kappa shape index (κ3) is 3.60. The minimum Gasteiger partial charge on any atom is -0.510 e. The molecule has 34 heavy (non-hydrogen) atoms. The van der Waals surface area contributed by atoms with Crippen LogP contribution in [0.1, 0.15) is 11.4 Å². The van der Waals surface area contributed by atoms with Crippen LogP contribution in [-0.2, 0) is 6.42 Å². The number of anilines is 1. The first-order chi connectivity index (χ1) is 16.6. The van der Waals surface area contributed by atoms with E-state index in [0.29, 0.717) is 30.3 Å². The molecule has 0 aliphatic carbocycles. The molecule has 2 aliphatic heterocycles. The van der Waals surface area contributed by atoms with Gasteiger partial charge in [-0.3, -0.25) is 5.41 Å². The number of fused-ring (bicyclic) bond motifs is 2. The van der Waals surface area contributed by atoms with Crippen LogP contribution in [0.3, 0.4) is 0 Å². The van der Waals surface area contributed by atoms with Crippen molar-refractivity contribution in [2.24, 2.45) is 0 Å². The lowest BCUT2D eigenvalue weighted by atomic mass is 10.1. The monoisotopic (exact) mass is 455 g/mol. The van der Waals surface area contributed by atoms with Gasteiger partial charge in [-0.15, -0.1) is 0 Å². The third-order valence-corrected chi connectivity index (χ3v) is 7.08. The van der Waals surface area contributed by atoms with Crippen molar-refractivity contribution in [2.75, 3.05) is 51.2 Å². The molecule has 0 unspecified atom stereocenters. The van der Waals surface area contributed by atoms with Gasteiger partial charge >= 0.3 is 0 Å². The first-order valence-electron chi connectivity index (χ1n) is 11.8. The summed E-state index contributed by atoms with van der Waals surface area (Å²) in [6.45, 7) is 5.11. The molecule has 8 heteroatoms. The molecule has 4 N–H and O–H groups in total. The number of piperazine rings is 1. The average molecular weight is 456 g/mol. The highest BCUT2D eigenvalue weighted by Gasteiger charge is 2.30. The van der Waals surface area contributed by atoms with E-state index in [1.807, 2.05) is 29.3 Å². The Morgan fingerprint density at radius 1 is 1.06 bits per heavy atom. The molecule has 174 valence electrons. The molecule has 1 fully saturated rings. The first-order valence-corrected chi connectivity index (χ1v) is 11.8. The molecule has 0 amide bonds. The van der Waals surface area contributed by atoms with E-state index in [2.05, 4.69) is 51.1 Å². The number of hydrogen-bond donors (Lipinski definition) is 4. The molecular weight excluding hydrogens is 426 g/mol. The third-order valence-electron chi connectivity index (χ3n) is 7.08. The van der Waals surface area contributed by atoms with Crippen molar-refractivity contribution in [2.45, 2.75) is 6.42 Å². The van der Waals surface area contributed by atoms with Gasteiger partial charge in [0.25, 0.3) is 0 Å². The van der Waals surface area contributed by atoms with Gasteiger partial charge in [0.05, 0.1) is 23.2 Å². The van der Waals surface area contributed by atoms with Gasteiger partial charge in [0.1, 0.15) is 17.4 Å². The predicted octanol–water partition coefficient (Wildman–Crippen LogP) is 3.60. The lowest BCUT2D eigenvalue weighted by molar-refractivity contribution is 0.313. The zero-order chi connectivity index (χ0) is 23.2. The molecule has 0 spiro atoms. The number of amidine groups is 1. The number of hydrogen-bond acceptors (Lipinski definition) is 5. The van der Waals surface area contributed by atoms with Crippen molar-refractivity contribution in [1.82, 2.24) is 24.8 Å². The van der Waals surface area contributed by atoms with Gasteiger partial charge in [0.15, 0.2) is 0 Å². The van der Waals surface area contributed by atoms with Gasteiger partial charge in [-0.1, -0.05) is 18.2 Å². The van der Waals surface area contributed by atoms with Crippen LogP contribution in [0, 0.1) is 5.41 Å². The maximum atomic E-state index is 10.7. The highest BCUT2D eigenvalue weighted by molar-refractivity contribution is 6.23. The predicted molar refractivity (Wildman–Crippen MR) is 137 cm³/mol. The molecule has 0 bridgehead atoms. The van der Waals surface area contributed by atoms with E-state index in [4.69, 9.17) is 10.4 Å². The van der Waals surface area contributed by atoms with Gasteiger partial charge in [-0.2, -0.15) is 0 Å². The van der Waals surface area contributed by atoms with E-state index in [0.717, 1.165) is 49.1 Å². The Bertz CT molecular complexity index is 1410. The number of nitrogens with zero attached hydrogens (tertiary/aromatic N) is 4. The molecule has 1 saturated heterocycles. The molecule has 4 heterocycles. The SMILES string of the molecule is CN1CCN(c2ccc3nc(C4=C(O)CN(CCc5c[nH]c6ccccc56)C4=N)[nH]c3c2)CC1. The van der Waals surface area contributed by atoms with Crippen LogP contribution < -0.4 is 4.90 Å². The summed E-state index contributed by atoms with van der Waals surface area (Å²) in [5.41, 5.74) is 5.78. The summed E-state index contributed by atoms with van der Waals surface area (Å²) in [6.07, 6.45) is 2.83. The number of imidazole rings is 1. The van der Waals surface area contributed by atoms with Crippen LogP contribution in [0.25, 0.3) is 27.5 Å². The second-order valence-electron chi connectivity index (χ2n) is 9.28. The summed E-state index contributed by atoms with van der Waals surface area (Å²) >= 11 is 0. The number of aromatic nitrogens is 3. The normalized spacial score (nSPS) is 17.6. The lowest BCUT2D eigenvalue weighted by Gasteiger charge is -2.34. The van der Waals surface area contributed by atoms with Gasteiger partial charge in [-0.25, -0.2) is 4.98 Å². The largest absolute Gasteiger partial charge is 0.510 e. The number of rotatable bonds is 5. The van der Waals surface area contributed by atoms with Crippen LogP contribution >= 0.6 is 0 Å². The Kier molecular flexibility index (Phi) is 5.03. The molecule has 2 aromatic heterocycles. The highest BCUT2D eigenvalue weighted by Crippen LogP contribution is 2.29. The number of H-pyrrole nitrogens is 2. The number of benzene rings is 2. The fourth-order valence-corrected chi connectivity index (χ4v) is 5.04. The summed E-state index contributed by atoms with van der Waals surface area (Å²) in [6, 6.07) is 14.5. The van der Waals surface area contributed by atoms with Crippen molar-refractivity contribution in [1.29, 1.82) is 5.41 Å². The Morgan fingerprint density at radius 2 is 1.88 bits per heavy atom. The van der Waals surface area contributed by atoms with Gasteiger partial charge in [0.2, 0.25) is 0 Å². The van der Waals surface area contributed by atoms with Crippen LogP contribution in [0.15, 0.2) is 54.4 Å². The molecule has 6 rings (SSSR count). The summed E-state index contributed by atoms with van der Waals surface area (Å²) in [7, 11) is 2.15. The Hall–Kier alpha value is -3.78. The molecule has 8 nitrogen and oxygen atoms in total. The number of aliphatic hydroxyl groups excluding tert-OH is 1. The minimum absolute atomic E-state index is 0.197. The van der Waals surface area contributed by atoms with Crippen molar-refractivity contribution >= 4 is 39.0 Å². The van der Waals surface area contributed by atoms with Crippen LogP contribution in [-0.4, -0.2) is 82.0 Å². The second-order valence-corrected chi connectivity index (χ2v) is 9.28. The smallest absolute Gasteiger partial charge is 0.145 e. The maximum Gasteiger partial charge on any atom is 0.145 e. The maximum absolute atomic E-state index is 10.7. The quantitative estimate of drug-likeness (QED) is 0.369. The Morgan fingerprint density at radius 3 is 2.74 bits per heavy atom. The van der Waals surface area contributed by atoms with E-state index in [9.17, 15) is 5.11 Å². The van der Waals surface area contributed by atoms with Gasteiger partial charge < -0.3 is 29.8 Å². The molecule has 0 saturated carbocycles. The van der Waals surface area contributed by atoms with Crippen molar-refractivity contribution < 1.29 is 5.11 Å². The van der Waals surface area contributed by atoms with Gasteiger partial charge in [-0.05, 0) is 43.3 Å². The number of aromatic amines is 2. The Labute approximate surface area is 198 Å². The summed E-state index contributed by atoms with van der Waals surface area (Å²) in [5, 5.41) is 20.7. The zero-order valence-electron chi connectivity index (χ0n) is 19.3. The number of aliphatic hydroxyl groups is 1. The molecule has 0 atom stereocenters. The second kappa shape index (κ2) is 8.22. The lowest BCUT2D eigenvalue weighted by Crippen LogP contribution is -2.44. The molecular formula is C26H29N7O. The highest BCUT2D eigenvalue weighted by atomic mass is 16.3. The topological polar surface area (TPSA) is 98.3 Å². The number of nitrogens with one attached hydrogen (secondary N) is 3. The zero-order valence-corrected chi connectivity index (χ0v) is 19.3.